The lowest BCUT2D eigenvalue weighted by molar-refractivity contribution is 0.129. The highest BCUT2D eigenvalue weighted by Crippen LogP contribution is 2.19. The first-order chi connectivity index (χ1) is 14.7. The average molecular weight is 404 g/mol. The Kier molecular flexibility index (Phi) is 6.32. The standard InChI is InChI=1S/C24H29N5O/c1-19-12-17-29(27-19)23-11-7-6-8-20(23)18-26-24(25-2)28-15-13-22(14-16-28)30-21-9-4-3-5-10-21/h3-12,17,22H,13-16,18H2,1-2H3,(H,25,26). The smallest absolute Gasteiger partial charge is 0.193 e. The number of aryl methyl sites for hydroxylation is 1. The van der Waals surface area contributed by atoms with Gasteiger partial charge in [0, 0.05) is 45.7 Å². The van der Waals surface area contributed by atoms with E-state index in [1.165, 1.54) is 5.56 Å². The van der Waals surface area contributed by atoms with E-state index in [9.17, 15) is 0 Å². The van der Waals surface area contributed by atoms with Crippen molar-refractivity contribution in [1.82, 2.24) is 20.0 Å². The molecule has 4 rings (SSSR count). The molecule has 0 saturated carbocycles. The SMILES string of the molecule is CN=C(NCc1ccccc1-n1ccc(C)n1)N1CCC(Oc2ccccc2)CC1. The highest BCUT2D eigenvalue weighted by molar-refractivity contribution is 5.80. The zero-order valence-electron chi connectivity index (χ0n) is 17.7. The Morgan fingerprint density at radius 2 is 1.80 bits per heavy atom. The largest absolute Gasteiger partial charge is 0.490 e. The number of para-hydroxylation sites is 2. The maximum Gasteiger partial charge on any atom is 0.193 e. The lowest BCUT2D eigenvalue weighted by Crippen LogP contribution is -2.47. The number of benzene rings is 2. The molecular weight excluding hydrogens is 374 g/mol. The van der Waals surface area contributed by atoms with Crippen LogP contribution in [0.15, 0.2) is 71.9 Å². The predicted molar refractivity (Wildman–Crippen MR) is 120 cm³/mol. The van der Waals surface area contributed by atoms with Gasteiger partial charge in [0.25, 0.3) is 0 Å². The molecule has 0 unspecified atom stereocenters. The number of nitrogens with zero attached hydrogens (tertiary/aromatic N) is 4. The third-order valence-corrected chi connectivity index (χ3v) is 5.40. The topological polar surface area (TPSA) is 54.7 Å². The lowest BCUT2D eigenvalue weighted by Gasteiger charge is -2.34. The van der Waals surface area contributed by atoms with Crippen LogP contribution in [-0.2, 0) is 6.54 Å². The molecule has 0 bridgehead atoms. The van der Waals surface area contributed by atoms with Crippen LogP contribution in [0.4, 0.5) is 0 Å². The molecule has 1 aromatic heterocycles. The first kappa shape index (κ1) is 20.0. The van der Waals surface area contributed by atoms with Gasteiger partial charge in [-0.15, -0.1) is 0 Å². The summed E-state index contributed by atoms with van der Waals surface area (Å²) in [6.07, 6.45) is 4.23. The maximum atomic E-state index is 6.12. The number of nitrogens with one attached hydrogen (secondary N) is 1. The molecule has 1 saturated heterocycles. The first-order valence-corrected chi connectivity index (χ1v) is 10.5. The minimum atomic E-state index is 0.255. The third kappa shape index (κ3) is 4.82. The molecule has 6 nitrogen and oxygen atoms in total. The zero-order chi connectivity index (χ0) is 20.8. The number of ether oxygens (including phenoxy) is 1. The van der Waals surface area contributed by atoms with Crippen LogP contribution in [0.3, 0.4) is 0 Å². The summed E-state index contributed by atoms with van der Waals surface area (Å²) in [5, 5.41) is 8.09. The summed E-state index contributed by atoms with van der Waals surface area (Å²) in [5.41, 5.74) is 3.28. The Bertz CT molecular complexity index is 974. The maximum absolute atomic E-state index is 6.12. The van der Waals surface area contributed by atoms with Crippen LogP contribution in [0, 0.1) is 6.92 Å². The van der Waals surface area contributed by atoms with Gasteiger partial charge in [0.15, 0.2) is 5.96 Å². The molecule has 0 atom stereocenters. The molecule has 0 aliphatic carbocycles. The van der Waals surface area contributed by atoms with Gasteiger partial charge in [0.05, 0.1) is 11.4 Å². The van der Waals surface area contributed by atoms with Gasteiger partial charge in [0.1, 0.15) is 11.9 Å². The molecule has 6 heteroatoms. The van der Waals surface area contributed by atoms with Crippen molar-refractivity contribution in [1.29, 1.82) is 0 Å². The van der Waals surface area contributed by atoms with Crippen molar-refractivity contribution in [3.63, 3.8) is 0 Å². The molecule has 0 amide bonds. The third-order valence-electron chi connectivity index (χ3n) is 5.40. The van der Waals surface area contributed by atoms with E-state index in [0.29, 0.717) is 6.54 Å². The monoisotopic (exact) mass is 403 g/mol. The van der Waals surface area contributed by atoms with E-state index >= 15 is 0 Å². The van der Waals surface area contributed by atoms with Gasteiger partial charge in [-0.1, -0.05) is 36.4 Å². The quantitative estimate of drug-likeness (QED) is 0.520. The van der Waals surface area contributed by atoms with Crippen molar-refractivity contribution in [3.05, 3.63) is 78.1 Å². The molecule has 2 aromatic carbocycles. The fourth-order valence-electron chi connectivity index (χ4n) is 3.82. The Labute approximate surface area is 178 Å². The summed E-state index contributed by atoms with van der Waals surface area (Å²) in [5.74, 6) is 1.88. The number of hydrogen-bond acceptors (Lipinski definition) is 3. The van der Waals surface area contributed by atoms with E-state index in [1.807, 2.05) is 67.3 Å². The van der Waals surface area contributed by atoms with E-state index in [0.717, 1.165) is 49.0 Å². The number of hydrogen-bond donors (Lipinski definition) is 1. The van der Waals surface area contributed by atoms with Gasteiger partial charge in [-0.05, 0) is 36.8 Å². The number of aromatic nitrogens is 2. The second kappa shape index (κ2) is 9.48. The summed E-state index contributed by atoms with van der Waals surface area (Å²) in [6.45, 7) is 4.56. The molecule has 0 spiro atoms. The summed E-state index contributed by atoms with van der Waals surface area (Å²) >= 11 is 0. The van der Waals surface area contributed by atoms with Crippen molar-refractivity contribution in [2.75, 3.05) is 20.1 Å². The highest BCUT2D eigenvalue weighted by atomic mass is 16.5. The van der Waals surface area contributed by atoms with Crippen molar-refractivity contribution in [2.45, 2.75) is 32.4 Å². The summed E-state index contributed by atoms with van der Waals surface area (Å²) in [7, 11) is 1.84. The van der Waals surface area contributed by atoms with Crippen LogP contribution in [0.1, 0.15) is 24.1 Å². The molecule has 1 fully saturated rings. The molecule has 156 valence electrons. The van der Waals surface area contributed by atoms with Crippen LogP contribution in [0.5, 0.6) is 5.75 Å². The second-order valence-corrected chi connectivity index (χ2v) is 7.55. The van der Waals surface area contributed by atoms with Gasteiger partial charge >= 0.3 is 0 Å². The van der Waals surface area contributed by atoms with Gasteiger partial charge in [0.2, 0.25) is 0 Å². The Morgan fingerprint density at radius 1 is 1.07 bits per heavy atom. The molecule has 1 aliphatic rings. The minimum absolute atomic E-state index is 0.255. The Balaban J connectivity index is 1.34. The van der Waals surface area contributed by atoms with E-state index in [1.54, 1.807) is 0 Å². The predicted octanol–water partition coefficient (Wildman–Crippen LogP) is 3.80. The first-order valence-electron chi connectivity index (χ1n) is 10.5. The normalized spacial score (nSPS) is 15.3. The Morgan fingerprint density at radius 3 is 2.50 bits per heavy atom. The van der Waals surface area contributed by atoms with Crippen LogP contribution in [0.2, 0.25) is 0 Å². The van der Waals surface area contributed by atoms with Crippen LogP contribution in [-0.4, -0.2) is 46.9 Å². The molecule has 1 N–H and O–H groups in total. The number of aliphatic imine (C=N–C) groups is 1. The zero-order valence-corrected chi connectivity index (χ0v) is 17.7. The molecule has 0 radical (unpaired) electrons. The summed E-state index contributed by atoms with van der Waals surface area (Å²) in [6, 6.07) is 20.4. The fourth-order valence-corrected chi connectivity index (χ4v) is 3.82. The van der Waals surface area contributed by atoms with Gasteiger partial charge in [-0.2, -0.15) is 5.10 Å². The van der Waals surface area contributed by atoms with Crippen molar-refractivity contribution < 1.29 is 4.74 Å². The van der Waals surface area contributed by atoms with Gasteiger partial charge in [-0.3, -0.25) is 4.99 Å². The number of likely N-dealkylation sites (tertiary alicyclic amines) is 1. The fraction of sp³-hybridized carbons (Fsp3) is 0.333. The summed E-state index contributed by atoms with van der Waals surface area (Å²) in [4.78, 5) is 6.82. The summed E-state index contributed by atoms with van der Waals surface area (Å²) < 4.78 is 8.05. The van der Waals surface area contributed by atoms with E-state index in [4.69, 9.17) is 4.74 Å². The van der Waals surface area contributed by atoms with Gasteiger partial charge in [-0.25, -0.2) is 4.68 Å². The minimum Gasteiger partial charge on any atom is -0.490 e. The molecule has 2 heterocycles. The second-order valence-electron chi connectivity index (χ2n) is 7.55. The number of rotatable bonds is 5. The van der Waals surface area contributed by atoms with E-state index < -0.39 is 0 Å². The lowest BCUT2D eigenvalue weighted by atomic mass is 10.1. The Hall–Kier alpha value is -3.28. The molecule has 3 aromatic rings. The van der Waals surface area contributed by atoms with Crippen molar-refractivity contribution >= 4 is 5.96 Å². The average Bonchev–Trinajstić information content (AvgIpc) is 3.22. The highest BCUT2D eigenvalue weighted by Gasteiger charge is 2.22. The van der Waals surface area contributed by atoms with Gasteiger partial charge < -0.3 is 15.0 Å². The molecule has 30 heavy (non-hydrogen) atoms. The molecule has 1 aliphatic heterocycles. The van der Waals surface area contributed by atoms with Crippen molar-refractivity contribution in [3.8, 4) is 11.4 Å². The van der Waals surface area contributed by atoms with Crippen LogP contribution < -0.4 is 10.1 Å². The van der Waals surface area contributed by atoms with Crippen molar-refractivity contribution in [2.24, 2.45) is 4.99 Å². The van der Waals surface area contributed by atoms with E-state index in [-0.39, 0.29) is 6.10 Å². The van der Waals surface area contributed by atoms with Crippen LogP contribution in [0.25, 0.3) is 5.69 Å². The number of piperidine rings is 1. The van der Waals surface area contributed by atoms with Crippen LogP contribution >= 0.6 is 0 Å². The van der Waals surface area contributed by atoms with E-state index in [2.05, 4.69) is 38.5 Å². The molecular formula is C24H29N5O. The number of guanidine groups is 1.